The molecule has 0 radical (unpaired) electrons. The Balaban J connectivity index is 2.22. The van der Waals surface area contributed by atoms with Gasteiger partial charge in [-0.3, -0.25) is 4.99 Å². The normalized spacial score (nSPS) is 17.3. The number of nitrogens with zero attached hydrogens (tertiary/aromatic N) is 2. The molecule has 0 fully saturated rings. The maximum absolute atomic E-state index is 14.5. The maximum Gasteiger partial charge on any atom is 0.338 e. The number of hydrogen-bond acceptors (Lipinski definition) is 6. The molecular formula is C22H22ClF2N3O3. The first-order valence-corrected chi connectivity index (χ1v) is 10.0. The number of hydrogen-bond donors (Lipinski definition) is 2. The van der Waals surface area contributed by atoms with Crippen molar-refractivity contribution in [1.82, 2.24) is 10.3 Å². The molecule has 0 bridgehead atoms. The Hall–Kier alpha value is -2.84. The summed E-state index contributed by atoms with van der Waals surface area (Å²) in [6.45, 7) is 3.65. The molecule has 2 aromatic rings. The van der Waals surface area contributed by atoms with E-state index >= 15 is 0 Å². The van der Waals surface area contributed by atoms with Crippen LogP contribution in [-0.4, -0.2) is 35.1 Å². The highest BCUT2D eigenvalue weighted by molar-refractivity contribution is 6.31. The largest absolute Gasteiger partial charge is 0.466 e. The zero-order valence-electron chi connectivity index (χ0n) is 17.2. The van der Waals surface area contributed by atoms with Crippen molar-refractivity contribution in [3.8, 4) is 0 Å². The average molecular weight is 450 g/mol. The molecule has 164 valence electrons. The molecule has 3 rings (SSSR count). The Kier molecular flexibility index (Phi) is 7.02. The summed E-state index contributed by atoms with van der Waals surface area (Å²) < 4.78 is 33.0. The predicted octanol–water partition coefficient (Wildman–Crippen LogP) is 3.94. The molecule has 1 aliphatic rings. The molecular weight excluding hydrogens is 428 g/mol. The van der Waals surface area contributed by atoms with Crippen LogP contribution in [0.1, 0.15) is 37.6 Å². The van der Waals surface area contributed by atoms with Gasteiger partial charge in [0.2, 0.25) is 0 Å². The second-order valence-corrected chi connectivity index (χ2v) is 7.81. The van der Waals surface area contributed by atoms with Gasteiger partial charge < -0.3 is 15.2 Å². The number of methoxy groups -OCH3 is 1. The van der Waals surface area contributed by atoms with E-state index in [-0.39, 0.29) is 34.5 Å². The zero-order valence-corrected chi connectivity index (χ0v) is 18.0. The molecule has 0 aliphatic carbocycles. The van der Waals surface area contributed by atoms with Gasteiger partial charge in [-0.1, -0.05) is 31.5 Å². The Labute approximate surface area is 183 Å². The molecule has 1 aromatic carbocycles. The monoisotopic (exact) mass is 449 g/mol. The van der Waals surface area contributed by atoms with Crippen LogP contribution in [0.5, 0.6) is 0 Å². The quantitative estimate of drug-likeness (QED) is 0.653. The molecule has 0 saturated carbocycles. The Bertz CT molecular complexity index is 1060. The average Bonchev–Trinajstić information content (AvgIpc) is 2.73. The number of carbonyl (C=O) groups excluding carboxylic acids is 1. The molecule has 2 unspecified atom stereocenters. The molecule has 2 N–H and O–H groups in total. The zero-order chi connectivity index (χ0) is 22.7. The van der Waals surface area contributed by atoms with E-state index in [0.717, 1.165) is 6.07 Å². The first-order valence-electron chi connectivity index (χ1n) is 9.63. The van der Waals surface area contributed by atoms with Gasteiger partial charge in [-0.05, 0) is 30.2 Å². The second kappa shape index (κ2) is 9.53. The van der Waals surface area contributed by atoms with Crippen molar-refractivity contribution >= 4 is 23.4 Å². The lowest BCUT2D eigenvalue weighted by Gasteiger charge is -2.29. The first kappa shape index (κ1) is 22.8. The van der Waals surface area contributed by atoms with Crippen molar-refractivity contribution in [2.45, 2.75) is 32.4 Å². The number of halogens is 3. The number of nitrogens with one attached hydrogen (secondary N) is 1. The smallest absolute Gasteiger partial charge is 0.338 e. The fraction of sp³-hybridized carbons (Fsp3) is 0.318. The van der Waals surface area contributed by atoms with Crippen LogP contribution in [0, 0.1) is 17.6 Å². The molecule has 2 atom stereocenters. The number of aliphatic hydroxyl groups is 1. The van der Waals surface area contributed by atoms with Gasteiger partial charge in [0.25, 0.3) is 0 Å². The van der Waals surface area contributed by atoms with E-state index in [0.29, 0.717) is 11.3 Å². The number of ether oxygens (including phenoxy) is 1. The summed E-state index contributed by atoms with van der Waals surface area (Å²) >= 11 is 6.26. The molecule has 0 amide bonds. The van der Waals surface area contributed by atoms with Gasteiger partial charge >= 0.3 is 5.97 Å². The van der Waals surface area contributed by atoms with Crippen LogP contribution in [0.3, 0.4) is 0 Å². The van der Waals surface area contributed by atoms with Gasteiger partial charge in [-0.15, -0.1) is 0 Å². The predicted molar refractivity (Wildman–Crippen MR) is 113 cm³/mol. The molecule has 1 aliphatic heterocycles. The maximum atomic E-state index is 14.5. The van der Waals surface area contributed by atoms with Crippen LogP contribution in [0.2, 0.25) is 5.02 Å². The number of pyridine rings is 1. The summed E-state index contributed by atoms with van der Waals surface area (Å²) in [5, 5.41) is 13.5. The molecule has 9 heteroatoms. The summed E-state index contributed by atoms with van der Waals surface area (Å²) in [5.74, 6) is -1.94. The minimum absolute atomic E-state index is 0.0432. The third kappa shape index (κ3) is 4.91. The number of aliphatic hydroxyl groups excluding tert-OH is 1. The van der Waals surface area contributed by atoms with Crippen molar-refractivity contribution < 1.29 is 23.4 Å². The van der Waals surface area contributed by atoms with Crippen molar-refractivity contribution in [2.75, 3.05) is 7.11 Å². The Morgan fingerprint density at radius 3 is 2.68 bits per heavy atom. The van der Waals surface area contributed by atoms with E-state index in [1.165, 1.54) is 37.6 Å². The molecule has 1 aromatic heterocycles. The number of aliphatic imine (C=N–C) groups is 1. The van der Waals surface area contributed by atoms with Crippen molar-refractivity contribution in [1.29, 1.82) is 0 Å². The lowest BCUT2D eigenvalue weighted by molar-refractivity contribution is -0.136. The van der Waals surface area contributed by atoms with Crippen LogP contribution in [0.15, 0.2) is 52.8 Å². The standard InChI is InChI=1S/C22H22ClF2N3O3/c1-11(2)17(29)10-16-18(22(30)31-3)19(13-7-6-12(24)9-14(13)23)28-21(27-16)20-15(25)5-4-8-26-20/h4-9,11,17,19,29H,10H2,1-3H3,(H,27,28). The Morgan fingerprint density at radius 1 is 1.32 bits per heavy atom. The van der Waals surface area contributed by atoms with E-state index in [9.17, 15) is 18.7 Å². The van der Waals surface area contributed by atoms with E-state index in [1.54, 1.807) is 0 Å². The van der Waals surface area contributed by atoms with E-state index in [2.05, 4.69) is 15.3 Å². The Morgan fingerprint density at radius 2 is 2.06 bits per heavy atom. The number of rotatable bonds is 6. The number of carbonyl (C=O) groups is 1. The minimum atomic E-state index is -1.02. The lowest BCUT2D eigenvalue weighted by atomic mass is 9.91. The van der Waals surface area contributed by atoms with Crippen LogP contribution >= 0.6 is 11.6 Å². The summed E-state index contributed by atoms with van der Waals surface area (Å²) in [6, 6.07) is 5.35. The number of aromatic nitrogens is 1. The number of benzene rings is 1. The van der Waals surface area contributed by atoms with Gasteiger partial charge in [0.05, 0.1) is 18.8 Å². The van der Waals surface area contributed by atoms with Gasteiger partial charge in [0, 0.05) is 28.9 Å². The summed E-state index contributed by atoms with van der Waals surface area (Å²) in [6.07, 6.45) is 0.648. The van der Waals surface area contributed by atoms with Crippen LogP contribution < -0.4 is 5.32 Å². The topological polar surface area (TPSA) is 83.8 Å². The highest BCUT2D eigenvalue weighted by Crippen LogP contribution is 2.37. The number of amidine groups is 1. The highest BCUT2D eigenvalue weighted by atomic mass is 35.5. The van der Waals surface area contributed by atoms with Gasteiger partial charge in [0.1, 0.15) is 17.6 Å². The van der Waals surface area contributed by atoms with Crippen molar-refractivity contribution in [3.05, 3.63) is 75.7 Å². The van der Waals surface area contributed by atoms with Crippen LogP contribution in [0.4, 0.5) is 8.78 Å². The van der Waals surface area contributed by atoms with E-state index in [1.807, 2.05) is 13.8 Å². The van der Waals surface area contributed by atoms with Gasteiger partial charge in [0.15, 0.2) is 11.7 Å². The highest BCUT2D eigenvalue weighted by Gasteiger charge is 2.35. The third-order valence-corrected chi connectivity index (χ3v) is 5.28. The summed E-state index contributed by atoms with van der Waals surface area (Å²) in [5.41, 5.74) is 0.658. The van der Waals surface area contributed by atoms with Gasteiger partial charge in [-0.2, -0.15) is 0 Å². The van der Waals surface area contributed by atoms with Crippen LogP contribution in [0.25, 0.3) is 0 Å². The van der Waals surface area contributed by atoms with E-state index < -0.39 is 29.7 Å². The first-order chi connectivity index (χ1) is 14.7. The third-order valence-electron chi connectivity index (χ3n) is 4.95. The van der Waals surface area contributed by atoms with E-state index in [4.69, 9.17) is 16.3 Å². The minimum Gasteiger partial charge on any atom is -0.466 e. The molecule has 6 nitrogen and oxygen atoms in total. The molecule has 2 heterocycles. The van der Waals surface area contributed by atoms with Crippen molar-refractivity contribution in [3.63, 3.8) is 0 Å². The number of esters is 1. The lowest BCUT2D eigenvalue weighted by Crippen LogP contribution is -2.36. The second-order valence-electron chi connectivity index (χ2n) is 7.40. The molecule has 0 saturated heterocycles. The summed E-state index contributed by atoms with van der Waals surface area (Å²) in [7, 11) is 1.22. The fourth-order valence-electron chi connectivity index (χ4n) is 3.18. The van der Waals surface area contributed by atoms with Gasteiger partial charge in [-0.25, -0.2) is 18.6 Å². The SMILES string of the molecule is COC(=O)C1=C(CC(O)C(C)C)NC(c2ncccc2F)=NC1c1ccc(F)cc1Cl. The molecule has 31 heavy (non-hydrogen) atoms. The molecule has 0 spiro atoms. The fourth-order valence-corrected chi connectivity index (χ4v) is 3.45. The summed E-state index contributed by atoms with van der Waals surface area (Å²) in [4.78, 5) is 21.2. The van der Waals surface area contributed by atoms with Crippen LogP contribution in [-0.2, 0) is 9.53 Å². The van der Waals surface area contributed by atoms with Crippen molar-refractivity contribution in [2.24, 2.45) is 10.9 Å².